The van der Waals surface area contributed by atoms with Gasteiger partial charge in [-0.25, -0.2) is 0 Å². The number of carbonyl (C=O) groups excluding carboxylic acids is 2. The molecule has 1 fully saturated rings. The van der Waals surface area contributed by atoms with Crippen LogP contribution in [0, 0.1) is 0 Å². The molecule has 3 aromatic carbocycles. The summed E-state index contributed by atoms with van der Waals surface area (Å²) in [5.41, 5.74) is 2.58. The molecular formula is C28H26N2O5. The van der Waals surface area contributed by atoms with Crippen molar-refractivity contribution >= 4 is 28.8 Å². The van der Waals surface area contributed by atoms with E-state index in [1.165, 1.54) is 4.90 Å². The second-order valence-electron chi connectivity index (χ2n) is 8.46. The van der Waals surface area contributed by atoms with Gasteiger partial charge in [0.2, 0.25) is 0 Å². The summed E-state index contributed by atoms with van der Waals surface area (Å²) in [7, 11) is 1.94. The van der Waals surface area contributed by atoms with Gasteiger partial charge in [-0.3, -0.25) is 14.5 Å². The smallest absolute Gasteiger partial charge is 0.300 e. The van der Waals surface area contributed by atoms with Gasteiger partial charge < -0.3 is 19.5 Å². The summed E-state index contributed by atoms with van der Waals surface area (Å²) >= 11 is 0. The molecular weight excluding hydrogens is 444 g/mol. The summed E-state index contributed by atoms with van der Waals surface area (Å²) in [6.07, 6.45) is 0. The van der Waals surface area contributed by atoms with E-state index in [2.05, 4.69) is 0 Å². The molecule has 5 rings (SSSR count). The topological polar surface area (TPSA) is 79.3 Å². The first-order chi connectivity index (χ1) is 17.0. The first kappa shape index (κ1) is 22.5. The average Bonchev–Trinajstić information content (AvgIpc) is 3.15. The first-order valence-corrected chi connectivity index (χ1v) is 11.6. The predicted octanol–water partition coefficient (Wildman–Crippen LogP) is 4.54. The molecule has 0 saturated carbocycles. The Labute approximate surface area is 203 Å². The third-order valence-corrected chi connectivity index (χ3v) is 6.31. The normalized spacial score (nSPS) is 18.9. The Morgan fingerprint density at radius 2 is 1.80 bits per heavy atom. The second-order valence-corrected chi connectivity index (χ2v) is 8.46. The number of ether oxygens (including phenoxy) is 2. The SMILES string of the molecule is CCOc1ccc(N2C(=O)C(=O)/C(=C(\O)c3ccc4c(c3)N(C)CCO4)C2c2ccccc2)cc1. The van der Waals surface area contributed by atoms with E-state index in [0.29, 0.717) is 42.5 Å². The number of fused-ring (bicyclic) bond motifs is 1. The van der Waals surface area contributed by atoms with Crippen LogP contribution in [-0.2, 0) is 9.59 Å². The highest BCUT2D eigenvalue weighted by Crippen LogP contribution is 2.43. The minimum atomic E-state index is -0.779. The maximum absolute atomic E-state index is 13.3. The molecule has 0 bridgehead atoms. The molecule has 0 radical (unpaired) electrons. The molecule has 1 unspecified atom stereocenters. The number of aliphatic hydroxyl groups excluding tert-OH is 1. The molecule has 1 N–H and O–H groups in total. The summed E-state index contributed by atoms with van der Waals surface area (Å²) in [5.74, 6) is -0.253. The van der Waals surface area contributed by atoms with Gasteiger partial charge in [-0.1, -0.05) is 30.3 Å². The van der Waals surface area contributed by atoms with Gasteiger partial charge in [-0.05, 0) is 55.0 Å². The van der Waals surface area contributed by atoms with Crippen molar-refractivity contribution in [3.8, 4) is 11.5 Å². The Kier molecular flexibility index (Phi) is 5.91. The number of benzene rings is 3. The molecule has 0 aromatic heterocycles. The monoisotopic (exact) mass is 470 g/mol. The number of hydrogen-bond donors (Lipinski definition) is 1. The fraction of sp³-hybridized carbons (Fsp3) is 0.214. The first-order valence-electron chi connectivity index (χ1n) is 11.6. The Morgan fingerprint density at radius 1 is 1.06 bits per heavy atom. The van der Waals surface area contributed by atoms with Crippen LogP contribution in [0.1, 0.15) is 24.1 Å². The Bertz CT molecular complexity index is 1300. The lowest BCUT2D eigenvalue weighted by atomic mass is 9.95. The van der Waals surface area contributed by atoms with Gasteiger partial charge in [0.05, 0.1) is 30.5 Å². The molecule has 1 atom stereocenters. The zero-order valence-corrected chi connectivity index (χ0v) is 19.6. The number of rotatable bonds is 5. The minimum Gasteiger partial charge on any atom is -0.507 e. The van der Waals surface area contributed by atoms with E-state index in [-0.39, 0.29) is 11.3 Å². The van der Waals surface area contributed by atoms with Gasteiger partial charge >= 0.3 is 0 Å². The molecule has 2 heterocycles. The van der Waals surface area contributed by atoms with Crippen molar-refractivity contribution in [3.63, 3.8) is 0 Å². The lowest BCUT2D eigenvalue weighted by Crippen LogP contribution is -2.29. The highest BCUT2D eigenvalue weighted by Gasteiger charge is 2.47. The van der Waals surface area contributed by atoms with Crippen LogP contribution in [0.25, 0.3) is 5.76 Å². The van der Waals surface area contributed by atoms with Crippen molar-refractivity contribution in [2.75, 3.05) is 36.6 Å². The van der Waals surface area contributed by atoms with Gasteiger partial charge in [-0.2, -0.15) is 0 Å². The Hall–Kier alpha value is -4.26. The number of amides is 1. The zero-order valence-electron chi connectivity index (χ0n) is 19.6. The quantitative estimate of drug-likeness (QED) is 0.335. The molecule has 3 aromatic rings. The molecule has 2 aliphatic heterocycles. The molecule has 7 heteroatoms. The number of likely N-dealkylation sites (N-methyl/N-ethyl adjacent to an activating group) is 1. The van der Waals surface area contributed by atoms with Crippen LogP contribution in [0.3, 0.4) is 0 Å². The molecule has 7 nitrogen and oxygen atoms in total. The minimum absolute atomic E-state index is 0.0504. The number of hydrogen-bond acceptors (Lipinski definition) is 6. The molecule has 1 amide bonds. The highest BCUT2D eigenvalue weighted by molar-refractivity contribution is 6.51. The van der Waals surface area contributed by atoms with Gasteiger partial charge in [0, 0.05) is 18.3 Å². The number of aliphatic hydroxyl groups is 1. The van der Waals surface area contributed by atoms with Crippen molar-refractivity contribution in [1.29, 1.82) is 0 Å². The van der Waals surface area contributed by atoms with Crippen LogP contribution >= 0.6 is 0 Å². The standard InChI is InChI=1S/C28H26N2O5/c1-3-34-21-12-10-20(11-13-21)30-25(18-7-5-4-6-8-18)24(27(32)28(30)33)26(31)19-9-14-23-22(17-19)29(2)15-16-35-23/h4-14,17,25,31H,3,15-16H2,1-2H3/b26-24-. The van der Waals surface area contributed by atoms with Gasteiger partial charge in [0.1, 0.15) is 23.9 Å². The number of ketones is 1. The summed E-state index contributed by atoms with van der Waals surface area (Å²) in [5, 5.41) is 11.4. The van der Waals surface area contributed by atoms with E-state index in [4.69, 9.17) is 9.47 Å². The summed E-state index contributed by atoms with van der Waals surface area (Å²) in [6.45, 7) is 3.71. The zero-order chi connectivity index (χ0) is 24.5. The van der Waals surface area contributed by atoms with E-state index in [9.17, 15) is 14.7 Å². The van der Waals surface area contributed by atoms with E-state index in [1.54, 1.807) is 42.5 Å². The second kappa shape index (κ2) is 9.18. The largest absolute Gasteiger partial charge is 0.507 e. The van der Waals surface area contributed by atoms with Crippen LogP contribution in [0.5, 0.6) is 11.5 Å². The summed E-state index contributed by atoms with van der Waals surface area (Å²) in [4.78, 5) is 30.1. The van der Waals surface area contributed by atoms with Crippen molar-refractivity contribution < 1.29 is 24.2 Å². The van der Waals surface area contributed by atoms with Crippen LogP contribution in [0.4, 0.5) is 11.4 Å². The third kappa shape index (κ3) is 3.99. The fourth-order valence-electron chi connectivity index (χ4n) is 4.57. The van der Waals surface area contributed by atoms with Crippen LogP contribution in [-0.4, -0.2) is 43.6 Å². The molecule has 35 heavy (non-hydrogen) atoms. The maximum Gasteiger partial charge on any atom is 0.300 e. The van der Waals surface area contributed by atoms with Crippen LogP contribution in [0.15, 0.2) is 78.4 Å². The van der Waals surface area contributed by atoms with E-state index in [1.807, 2.05) is 49.2 Å². The van der Waals surface area contributed by atoms with E-state index < -0.39 is 17.7 Å². The molecule has 0 spiro atoms. The lowest BCUT2D eigenvalue weighted by molar-refractivity contribution is -0.132. The number of carbonyl (C=O) groups is 2. The fourth-order valence-corrected chi connectivity index (χ4v) is 4.57. The van der Waals surface area contributed by atoms with Crippen molar-refractivity contribution in [2.24, 2.45) is 0 Å². The van der Waals surface area contributed by atoms with E-state index >= 15 is 0 Å². The molecule has 178 valence electrons. The number of Topliss-reactive ketones (excluding diaryl/α,β-unsaturated/α-hetero) is 1. The molecule has 2 aliphatic rings. The van der Waals surface area contributed by atoms with Crippen LogP contribution in [0.2, 0.25) is 0 Å². The van der Waals surface area contributed by atoms with Crippen molar-refractivity contribution in [1.82, 2.24) is 0 Å². The Balaban J connectivity index is 1.64. The average molecular weight is 471 g/mol. The van der Waals surface area contributed by atoms with Crippen LogP contribution < -0.4 is 19.3 Å². The number of anilines is 2. The van der Waals surface area contributed by atoms with Crippen molar-refractivity contribution in [3.05, 3.63) is 89.5 Å². The molecule has 1 saturated heterocycles. The summed E-state index contributed by atoms with van der Waals surface area (Å²) < 4.78 is 11.2. The van der Waals surface area contributed by atoms with E-state index in [0.717, 1.165) is 11.3 Å². The predicted molar refractivity (Wildman–Crippen MR) is 134 cm³/mol. The maximum atomic E-state index is 13.3. The lowest BCUT2D eigenvalue weighted by Gasteiger charge is -2.28. The van der Waals surface area contributed by atoms with Gasteiger partial charge in [0.25, 0.3) is 11.7 Å². The number of nitrogens with zero attached hydrogens (tertiary/aromatic N) is 2. The van der Waals surface area contributed by atoms with Gasteiger partial charge in [-0.15, -0.1) is 0 Å². The highest BCUT2D eigenvalue weighted by atomic mass is 16.5. The summed E-state index contributed by atoms with van der Waals surface area (Å²) in [6, 6.07) is 20.8. The third-order valence-electron chi connectivity index (χ3n) is 6.31. The molecule has 0 aliphatic carbocycles. The van der Waals surface area contributed by atoms with Crippen molar-refractivity contribution in [2.45, 2.75) is 13.0 Å². The van der Waals surface area contributed by atoms with Gasteiger partial charge in [0.15, 0.2) is 0 Å². The Morgan fingerprint density at radius 3 is 2.51 bits per heavy atom.